The summed E-state index contributed by atoms with van der Waals surface area (Å²) in [6.07, 6.45) is 0.501. The number of carbonyl (C=O) groups is 2. The number of ether oxygens (including phenoxy) is 2. The molecule has 0 unspecified atom stereocenters. The molecule has 142 valence electrons. The second kappa shape index (κ2) is 8.57. The summed E-state index contributed by atoms with van der Waals surface area (Å²) in [6, 6.07) is 14.5. The molecular formula is C21H22BrNO4. The average Bonchev–Trinajstić information content (AvgIpc) is 2.68. The zero-order valence-corrected chi connectivity index (χ0v) is 16.9. The second-order valence-corrected chi connectivity index (χ2v) is 7.30. The molecule has 1 saturated heterocycles. The largest absolute Gasteiger partial charge is 0.497 e. The van der Waals surface area contributed by atoms with Crippen LogP contribution in [0, 0.1) is 0 Å². The van der Waals surface area contributed by atoms with Crippen molar-refractivity contribution in [1.82, 2.24) is 0 Å². The van der Waals surface area contributed by atoms with Gasteiger partial charge in [-0.2, -0.15) is 0 Å². The Labute approximate surface area is 167 Å². The molecule has 0 spiro atoms. The molecule has 2 aromatic rings. The summed E-state index contributed by atoms with van der Waals surface area (Å²) in [5, 5.41) is 0. The number of methoxy groups -OCH3 is 1. The predicted molar refractivity (Wildman–Crippen MR) is 107 cm³/mol. The maximum absolute atomic E-state index is 12.6. The number of carbonyl (C=O) groups excluding carboxylic acids is 2. The van der Waals surface area contributed by atoms with Crippen LogP contribution in [0.1, 0.15) is 31.4 Å². The quantitative estimate of drug-likeness (QED) is 0.660. The number of nitrogens with zero attached hydrogens (tertiary/aromatic N) is 1. The predicted octanol–water partition coefficient (Wildman–Crippen LogP) is 4.30. The van der Waals surface area contributed by atoms with Crippen LogP contribution in [0.3, 0.4) is 0 Å². The van der Waals surface area contributed by atoms with Gasteiger partial charge < -0.3 is 14.4 Å². The second-order valence-electron chi connectivity index (χ2n) is 6.39. The van der Waals surface area contributed by atoms with E-state index in [1.54, 1.807) is 14.0 Å². The Morgan fingerprint density at radius 1 is 1.11 bits per heavy atom. The summed E-state index contributed by atoms with van der Waals surface area (Å²) < 4.78 is 11.5. The average molecular weight is 432 g/mol. The number of halogens is 1. The van der Waals surface area contributed by atoms with Gasteiger partial charge in [-0.05, 0) is 48.9 Å². The van der Waals surface area contributed by atoms with E-state index < -0.39 is 6.04 Å². The van der Waals surface area contributed by atoms with Crippen LogP contribution in [-0.4, -0.2) is 31.5 Å². The first kappa shape index (κ1) is 19.4. The molecule has 2 atom stereocenters. The van der Waals surface area contributed by atoms with E-state index in [0.717, 1.165) is 21.5 Å². The van der Waals surface area contributed by atoms with Gasteiger partial charge in [0.05, 0.1) is 19.8 Å². The van der Waals surface area contributed by atoms with Crippen molar-refractivity contribution in [2.75, 3.05) is 18.6 Å². The highest BCUT2D eigenvalue weighted by atomic mass is 79.9. The third kappa shape index (κ3) is 4.33. The fraction of sp³-hybridized carbons (Fsp3) is 0.333. The Morgan fingerprint density at radius 2 is 1.78 bits per heavy atom. The van der Waals surface area contributed by atoms with Crippen LogP contribution in [0.25, 0.3) is 0 Å². The number of hydrogen-bond acceptors (Lipinski definition) is 5. The summed E-state index contributed by atoms with van der Waals surface area (Å²) in [6.45, 7) is 2.05. The fourth-order valence-corrected chi connectivity index (χ4v) is 3.71. The number of hydrogen-bond donors (Lipinski definition) is 0. The van der Waals surface area contributed by atoms with Crippen molar-refractivity contribution in [2.45, 2.75) is 31.8 Å². The Bertz CT molecular complexity index is 804. The minimum absolute atomic E-state index is 0.0609. The molecule has 0 saturated carbocycles. The van der Waals surface area contributed by atoms with Crippen LogP contribution in [0.4, 0.5) is 5.69 Å². The first-order chi connectivity index (χ1) is 13.0. The molecule has 0 aromatic heterocycles. The van der Waals surface area contributed by atoms with E-state index in [2.05, 4.69) is 15.9 Å². The fourth-order valence-electron chi connectivity index (χ4n) is 3.44. The van der Waals surface area contributed by atoms with E-state index in [-0.39, 0.29) is 30.8 Å². The highest BCUT2D eigenvalue weighted by molar-refractivity contribution is 9.10. The van der Waals surface area contributed by atoms with E-state index >= 15 is 0 Å². The number of rotatable bonds is 5. The maximum atomic E-state index is 12.6. The van der Waals surface area contributed by atoms with Gasteiger partial charge in [-0.1, -0.05) is 28.1 Å². The third-order valence-corrected chi connectivity index (χ3v) is 5.23. The SMILES string of the molecule is CCOC(=O)[C@@H]1CC(=O)C[C@@H](c2ccc(Br)cc2)N1c1ccc(OC)cc1. The molecule has 1 heterocycles. The summed E-state index contributed by atoms with van der Waals surface area (Å²) in [5.41, 5.74) is 1.84. The van der Waals surface area contributed by atoms with Crippen LogP contribution in [0.2, 0.25) is 0 Å². The Kier molecular flexibility index (Phi) is 6.16. The van der Waals surface area contributed by atoms with Crippen molar-refractivity contribution in [3.63, 3.8) is 0 Å². The van der Waals surface area contributed by atoms with Crippen molar-refractivity contribution in [3.05, 3.63) is 58.6 Å². The Morgan fingerprint density at radius 3 is 2.37 bits per heavy atom. The molecule has 5 nitrogen and oxygen atoms in total. The first-order valence-electron chi connectivity index (χ1n) is 8.89. The topological polar surface area (TPSA) is 55.8 Å². The summed E-state index contributed by atoms with van der Waals surface area (Å²) in [5.74, 6) is 0.425. The number of esters is 1. The minimum atomic E-state index is -0.645. The van der Waals surface area contributed by atoms with Gasteiger partial charge in [0.2, 0.25) is 0 Å². The third-order valence-electron chi connectivity index (χ3n) is 4.70. The molecule has 1 fully saturated rings. The molecule has 6 heteroatoms. The Balaban J connectivity index is 2.05. The molecule has 1 aliphatic rings. The molecule has 3 rings (SSSR count). The number of anilines is 1. The lowest BCUT2D eigenvalue weighted by molar-refractivity contribution is -0.147. The van der Waals surface area contributed by atoms with Crippen LogP contribution < -0.4 is 9.64 Å². The molecule has 1 aliphatic heterocycles. The smallest absolute Gasteiger partial charge is 0.329 e. The Hall–Kier alpha value is -2.34. The van der Waals surface area contributed by atoms with Crippen molar-refractivity contribution >= 4 is 33.4 Å². The van der Waals surface area contributed by atoms with Gasteiger partial charge in [0.1, 0.15) is 17.6 Å². The van der Waals surface area contributed by atoms with E-state index in [1.165, 1.54) is 0 Å². The zero-order valence-electron chi connectivity index (χ0n) is 15.4. The summed E-state index contributed by atoms with van der Waals surface area (Å²) >= 11 is 3.44. The highest BCUT2D eigenvalue weighted by Crippen LogP contribution is 2.38. The molecule has 0 radical (unpaired) electrons. The molecular weight excluding hydrogens is 410 g/mol. The molecule has 0 aliphatic carbocycles. The number of piperidine rings is 1. The maximum Gasteiger partial charge on any atom is 0.329 e. The van der Waals surface area contributed by atoms with Crippen LogP contribution in [0.15, 0.2) is 53.0 Å². The number of Topliss-reactive ketones (excluding diaryl/α,β-unsaturated/α-hetero) is 1. The van der Waals surface area contributed by atoms with Gasteiger partial charge in [0, 0.05) is 23.0 Å². The van der Waals surface area contributed by atoms with E-state index in [4.69, 9.17) is 9.47 Å². The van der Waals surface area contributed by atoms with Crippen molar-refractivity contribution in [2.24, 2.45) is 0 Å². The van der Waals surface area contributed by atoms with Gasteiger partial charge in [0.25, 0.3) is 0 Å². The standard InChI is InChI=1S/C21H22BrNO4/c1-3-27-21(25)20-13-17(24)12-19(14-4-6-15(22)7-5-14)23(20)16-8-10-18(26-2)11-9-16/h4-11,19-20H,3,12-13H2,1-2H3/t19-,20-/m0/s1. The lowest BCUT2D eigenvalue weighted by Gasteiger charge is -2.42. The zero-order chi connectivity index (χ0) is 19.4. The summed E-state index contributed by atoms with van der Waals surface area (Å²) in [4.78, 5) is 27.1. The monoisotopic (exact) mass is 431 g/mol. The van der Waals surface area contributed by atoms with E-state index in [0.29, 0.717) is 6.42 Å². The normalized spacial score (nSPS) is 19.7. The van der Waals surface area contributed by atoms with Crippen molar-refractivity contribution in [3.8, 4) is 5.75 Å². The van der Waals surface area contributed by atoms with Gasteiger partial charge in [-0.25, -0.2) is 4.79 Å². The summed E-state index contributed by atoms with van der Waals surface area (Å²) in [7, 11) is 1.61. The van der Waals surface area contributed by atoms with Gasteiger partial charge in [-0.15, -0.1) is 0 Å². The van der Waals surface area contributed by atoms with Crippen LogP contribution in [0.5, 0.6) is 5.75 Å². The lowest BCUT2D eigenvalue weighted by Crippen LogP contribution is -2.50. The number of ketones is 1. The molecule has 2 aromatic carbocycles. The van der Waals surface area contributed by atoms with Crippen molar-refractivity contribution < 1.29 is 19.1 Å². The van der Waals surface area contributed by atoms with E-state index in [1.807, 2.05) is 53.4 Å². The molecule has 0 amide bonds. The van der Waals surface area contributed by atoms with E-state index in [9.17, 15) is 9.59 Å². The minimum Gasteiger partial charge on any atom is -0.497 e. The molecule has 0 N–H and O–H groups in total. The molecule has 27 heavy (non-hydrogen) atoms. The van der Waals surface area contributed by atoms with Gasteiger partial charge >= 0.3 is 5.97 Å². The first-order valence-corrected chi connectivity index (χ1v) is 9.69. The highest BCUT2D eigenvalue weighted by Gasteiger charge is 2.40. The van der Waals surface area contributed by atoms with Gasteiger partial charge in [0.15, 0.2) is 0 Å². The van der Waals surface area contributed by atoms with Crippen LogP contribution >= 0.6 is 15.9 Å². The molecule has 0 bridgehead atoms. The lowest BCUT2D eigenvalue weighted by atomic mass is 9.89. The van der Waals surface area contributed by atoms with Gasteiger partial charge in [-0.3, -0.25) is 4.79 Å². The van der Waals surface area contributed by atoms with Crippen LogP contribution in [-0.2, 0) is 14.3 Å². The van der Waals surface area contributed by atoms with Crippen molar-refractivity contribution in [1.29, 1.82) is 0 Å². The number of benzene rings is 2.